The number of benzene rings is 2. The Labute approximate surface area is 211 Å². The molecule has 0 aliphatic heterocycles. The summed E-state index contributed by atoms with van der Waals surface area (Å²) in [5.41, 5.74) is 2.65. The highest BCUT2D eigenvalue weighted by Crippen LogP contribution is 2.26. The molecule has 0 unspecified atom stereocenters. The molecule has 0 bridgehead atoms. The summed E-state index contributed by atoms with van der Waals surface area (Å²) in [5.74, 6) is 1.75. The molecular weight excluding hydrogens is 440 g/mol. The number of hydrogen-bond acceptors (Lipinski definition) is 6. The molecule has 0 aromatic heterocycles. The van der Waals surface area contributed by atoms with Crippen LogP contribution in [0.4, 0.5) is 11.4 Å². The van der Waals surface area contributed by atoms with Gasteiger partial charge in [-0.15, -0.1) is 0 Å². The number of nitrogens with zero attached hydrogens (tertiary/aromatic N) is 2. The van der Waals surface area contributed by atoms with Gasteiger partial charge >= 0.3 is 0 Å². The monoisotopic (exact) mass is 484 g/mol. The van der Waals surface area contributed by atoms with E-state index in [0.29, 0.717) is 13.2 Å². The minimum Gasteiger partial charge on any atom is -0.494 e. The van der Waals surface area contributed by atoms with Crippen molar-refractivity contribution in [2.75, 3.05) is 26.4 Å². The number of aryl methyl sites for hydroxylation is 1. The number of unbranched alkanes of at least 4 members (excludes halogenated alkanes) is 10. The molecule has 0 heterocycles. The first-order valence-corrected chi connectivity index (χ1v) is 13.3. The van der Waals surface area contributed by atoms with E-state index in [2.05, 4.69) is 10.2 Å². The lowest BCUT2D eigenvalue weighted by molar-refractivity contribution is 0.280. The first-order valence-electron chi connectivity index (χ1n) is 13.3. The number of rotatable bonds is 20. The van der Waals surface area contributed by atoms with Gasteiger partial charge in [0, 0.05) is 13.2 Å². The summed E-state index contributed by atoms with van der Waals surface area (Å²) in [6.45, 7) is 4.08. The minimum absolute atomic E-state index is 0.299. The zero-order valence-corrected chi connectivity index (χ0v) is 21.5. The second kappa shape index (κ2) is 18.8. The van der Waals surface area contributed by atoms with Gasteiger partial charge in [0.1, 0.15) is 11.5 Å². The van der Waals surface area contributed by atoms with Crippen LogP contribution in [-0.2, 0) is 0 Å². The lowest BCUT2D eigenvalue weighted by Gasteiger charge is -2.09. The van der Waals surface area contributed by atoms with E-state index in [1.807, 2.05) is 49.4 Å². The van der Waals surface area contributed by atoms with Gasteiger partial charge in [0.15, 0.2) is 0 Å². The molecule has 2 N–H and O–H groups in total. The molecule has 194 valence electrons. The predicted octanol–water partition coefficient (Wildman–Crippen LogP) is 7.83. The average Bonchev–Trinajstić information content (AvgIpc) is 2.87. The molecule has 0 atom stereocenters. The summed E-state index contributed by atoms with van der Waals surface area (Å²) in [4.78, 5) is 0. The number of ether oxygens (including phenoxy) is 2. The van der Waals surface area contributed by atoms with Crippen LogP contribution < -0.4 is 9.47 Å². The normalized spacial score (nSPS) is 11.3. The van der Waals surface area contributed by atoms with Crippen molar-refractivity contribution in [1.82, 2.24) is 0 Å². The Hall–Kier alpha value is -2.44. The second-order valence-corrected chi connectivity index (χ2v) is 9.03. The maximum Gasteiger partial charge on any atom is 0.122 e. The van der Waals surface area contributed by atoms with E-state index in [0.717, 1.165) is 93.0 Å². The van der Waals surface area contributed by atoms with Crippen LogP contribution in [0.2, 0.25) is 0 Å². The number of hydrogen-bond donors (Lipinski definition) is 2. The van der Waals surface area contributed by atoms with E-state index in [9.17, 15) is 0 Å². The van der Waals surface area contributed by atoms with Crippen LogP contribution in [0.25, 0.3) is 0 Å². The molecule has 0 saturated heterocycles. The largest absolute Gasteiger partial charge is 0.494 e. The molecule has 0 fully saturated rings. The van der Waals surface area contributed by atoms with Crippen LogP contribution in [0.15, 0.2) is 52.7 Å². The fourth-order valence-corrected chi connectivity index (χ4v) is 3.80. The highest BCUT2D eigenvalue weighted by atomic mass is 16.5. The Morgan fingerprint density at radius 2 is 1.06 bits per heavy atom. The maximum absolute atomic E-state index is 8.80. The summed E-state index contributed by atoms with van der Waals surface area (Å²) in [7, 11) is 0. The molecule has 0 spiro atoms. The topological polar surface area (TPSA) is 83.6 Å². The molecule has 6 nitrogen and oxygen atoms in total. The van der Waals surface area contributed by atoms with E-state index >= 15 is 0 Å². The molecule has 35 heavy (non-hydrogen) atoms. The fourth-order valence-electron chi connectivity index (χ4n) is 3.80. The van der Waals surface area contributed by atoms with Crippen LogP contribution in [0.1, 0.15) is 82.6 Å². The molecule has 0 saturated carbocycles. The summed E-state index contributed by atoms with van der Waals surface area (Å²) >= 11 is 0. The molecule has 6 heteroatoms. The van der Waals surface area contributed by atoms with E-state index in [1.165, 1.54) is 25.7 Å². The van der Waals surface area contributed by atoms with E-state index in [-0.39, 0.29) is 0 Å². The summed E-state index contributed by atoms with van der Waals surface area (Å²) in [6, 6.07) is 13.6. The van der Waals surface area contributed by atoms with Crippen LogP contribution in [-0.4, -0.2) is 36.6 Å². The number of aliphatic hydroxyl groups excluding tert-OH is 2. The van der Waals surface area contributed by atoms with Crippen molar-refractivity contribution in [2.24, 2.45) is 10.2 Å². The highest BCUT2D eigenvalue weighted by molar-refractivity contribution is 5.47. The predicted molar refractivity (Wildman–Crippen MR) is 142 cm³/mol. The molecule has 0 aliphatic carbocycles. The van der Waals surface area contributed by atoms with E-state index < -0.39 is 0 Å². The van der Waals surface area contributed by atoms with E-state index in [4.69, 9.17) is 19.7 Å². The van der Waals surface area contributed by atoms with E-state index in [1.54, 1.807) is 0 Å². The Bertz CT molecular complexity index is 824. The second-order valence-electron chi connectivity index (χ2n) is 9.03. The summed E-state index contributed by atoms with van der Waals surface area (Å²) in [5, 5.41) is 26.3. The van der Waals surface area contributed by atoms with Crippen molar-refractivity contribution in [3.63, 3.8) is 0 Å². The van der Waals surface area contributed by atoms with Gasteiger partial charge in [0.2, 0.25) is 0 Å². The first kappa shape index (κ1) is 28.8. The van der Waals surface area contributed by atoms with Crippen molar-refractivity contribution < 1.29 is 19.7 Å². The summed E-state index contributed by atoms with van der Waals surface area (Å²) < 4.78 is 11.7. The number of azo groups is 1. The van der Waals surface area contributed by atoms with Crippen molar-refractivity contribution in [1.29, 1.82) is 0 Å². The fraction of sp³-hybridized carbons (Fsp3) is 0.586. The maximum atomic E-state index is 8.80. The molecule has 0 aliphatic rings. The van der Waals surface area contributed by atoms with Gasteiger partial charge < -0.3 is 19.7 Å². The Balaban J connectivity index is 1.66. The molecule has 0 amide bonds. The molecule has 0 radical (unpaired) electrons. The van der Waals surface area contributed by atoms with Crippen molar-refractivity contribution in [2.45, 2.75) is 84.0 Å². The first-order chi connectivity index (χ1) is 17.2. The van der Waals surface area contributed by atoms with Gasteiger partial charge in [0.05, 0.1) is 24.6 Å². The van der Waals surface area contributed by atoms with Gasteiger partial charge in [-0.1, -0.05) is 51.4 Å². The van der Waals surface area contributed by atoms with Crippen LogP contribution in [0.3, 0.4) is 0 Å². The van der Waals surface area contributed by atoms with Gasteiger partial charge in [-0.2, -0.15) is 10.2 Å². The zero-order valence-electron chi connectivity index (χ0n) is 21.5. The van der Waals surface area contributed by atoms with Crippen LogP contribution in [0, 0.1) is 6.92 Å². The molecule has 2 aromatic carbocycles. The highest BCUT2D eigenvalue weighted by Gasteiger charge is 2.02. The van der Waals surface area contributed by atoms with Crippen molar-refractivity contribution in [3.8, 4) is 11.5 Å². The lowest BCUT2D eigenvalue weighted by Crippen LogP contribution is -1.98. The average molecular weight is 485 g/mol. The van der Waals surface area contributed by atoms with Gasteiger partial charge in [0.25, 0.3) is 0 Å². The lowest BCUT2D eigenvalue weighted by atomic mass is 10.1. The van der Waals surface area contributed by atoms with Crippen molar-refractivity contribution in [3.05, 3.63) is 48.0 Å². The van der Waals surface area contributed by atoms with Crippen LogP contribution >= 0.6 is 0 Å². The van der Waals surface area contributed by atoms with Gasteiger partial charge in [-0.3, -0.25) is 0 Å². The third-order valence-corrected chi connectivity index (χ3v) is 5.91. The zero-order chi connectivity index (χ0) is 25.0. The standard InChI is InChI=1S/C29H44N2O4/c1-25-24-27(16-19-29(25)35-23-13-9-5-3-7-11-21-33)31-30-26-14-17-28(18-15-26)34-22-12-8-4-2-6-10-20-32/h14-19,24,32-33H,2-13,20-23H2,1H3. The Morgan fingerprint density at radius 1 is 0.571 bits per heavy atom. The third kappa shape index (κ3) is 13.3. The van der Waals surface area contributed by atoms with Gasteiger partial charge in [-0.25, -0.2) is 0 Å². The SMILES string of the molecule is Cc1cc(N=Nc2ccc(OCCCCCCCCO)cc2)ccc1OCCCCCCCCO. The van der Waals surface area contributed by atoms with Crippen LogP contribution in [0.5, 0.6) is 11.5 Å². The third-order valence-electron chi connectivity index (χ3n) is 5.91. The number of aliphatic hydroxyl groups is 2. The Morgan fingerprint density at radius 3 is 1.63 bits per heavy atom. The summed E-state index contributed by atoms with van der Waals surface area (Å²) in [6.07, 6.45) is 13.2. The quantitative estimate of drug-likeness (QED) is 0.148. The molecular formula is C29H44N2O4. The minimum atomic E-state index is 0.299. The van der Waals surface area contributed by atoms with Gasteiger partial charge in [-0.05, 0) is 80.6 Å². The smallest absolute Gasteiger partial charge is 0.122 e. The van der Waals surface area contributed by atoms with Crippen molar-refractivity contribution >= 4 is 11.4 Å². The molecule has 2 rings (SSSR count). The molecule has 2 aromatic rings. The Kier molecular flexibility index (Phi) is 15.5.